The van der Waals surface area contributed by atoms with Crippen LogP contribution in [0, 0.1) is 0 Å². The van der Waals surface area contributed by atoms with Crippen LogP contribution in [-0.2, 0) is 0 Å². The van der Waals surface area contributed by atoms with Gasteiger partial charge in [-0.1, -0.05) is 47.5 Å². The fraction of sp³-hybridized carbons (Fsp3) is 0.133. The van der Waals surface area contributed by atoms with Gasteiger partial charge in [0.25, 0.3) is 0 Å². The van der Waals surface area contributed by atoms with Crippen molar-refractivity contribution in [1.29, 1.82) is 0 Å². The molecular formula is C15H12Cl2O2. The van der Waals surface area contributed by atoms with Crippen molar-refractivity contribution < 1.29 is 9.53 Å². The smallest absolute Gasteiger partial charge is 0.159 e. The molecule has 0 aliphatic carbocycles. The van der Waals surface area contributed by atoms with Gasteiger partial charge < -0.3 is 4.74 Å². The topological polar surface area (TPSA) is 26.3 Å². The van der Waals surface area contributed by atoms with Gasteiger partial charge in [-0.25, -0.2) is 0 Å². The fourth-order valence-electron chi connectivity index (χ4n) is 1.87. The number of benzene rings is 2. The van der Waals surface area contributed by atoms with Crippen molar-refractivity contribution in [3.05, 3.63) is 52.0 Å². The zero-order chi connectivity index (χ0) is 14.0. The molecule has 0 bridgehead atoms. The van der Waals surface area contributed by atoms with Crippen molar-refractivity contribution >= 4 is 29.0 Å². The van der Waals surface area contributed by atoms with Crippen LogP contribution in [0.15, 0.2) is 36.4 Å². The van der Waals surface area contributed by atoms with E-state index in [4.69, 9.17) is 27.9 Å². The van der Waals surface area contributed by atoms with Gasteiger partial charge in [0.2, 0.25) is 0 Å². The first-order valence-electron chi connectivity index (χ1n) is 5.67. The number of methoxy groups -OCH3 is 1. The number of ether oxygens (including phenoxy) is 1. The Morgan fingerprint density at radius 1 is 1.11 bits per heavy atom. The van der Waals surface area contributed by atoms with E-state index in [0.717, 1.165) is 11.1 Å². The van der Waals surface area contributed by atoms with Crippen molar-refractivity contribution in [2.45, 2.75) is 6.92 Å². The highest BCUT2D eigenvalue weighted by Gasteiger charge is 2.12. The predicted octanol–water partition coefficient (Wildman–Crippen LogP) is 4.87. The molecule has 0 spiro atoms. The molecule has 0 unspecified atom stereocenters. The molecular weight excluding hydrogens is 283 g/mol. The third-order valence-electron chi connectivity index (χ3n) is 2.81. The molecule has 4 heteroatoms. The first kappa shape index (κ1) is 13.9. The maximum Gasteiger partial charge on any atom is 0.159 e. The van der Waals surface area contributed by atoms with Gasteiger partial charge in [0.05, 0.1) is 12.1 Å². The van der Waals surface area contributed by atoms with Gasteiger partial charge >= 0.3 is 0 Å². The van der Waals surface area contributed by atoms with E-state index in [1.807, 2.05) is 12.1 Å². The maximum absolute atomic E-state index is 11.3. The van der Waals surface area contributed by atoms with Gasteiger partial charge in [0.15, 0.2) is 5.78 Å². The molecule has 0 heterocycles. The Balaban J connectivity index is 2.55. The molecule has 0 saturated carbocycles. The van der Waals surface area contributed by atoms with Crippen molar-refractivity contribution in [1.82, 2.24) is 0 Å². The second-order valence-corrected chi connectivity index (χ2v) is 4.95. The lowest BCUT2D eigenvalue weighted by atomic mass is 10.0. The molecule has 0 radical (unpaired) electrons. The standard InChI is InChI=1S/C15H12Cl2O2/c1-9(18)10-3-5-11(6-4-10)13-7-12(16)8-14(17)15(13)19-2/h3-8H,1-2H3. The highest BCUT2D eigenvalue weighted by molar-refractivity contribution is 6.36. The minimum Gasteiger partial charge on any atom is -0.495 e. The van der Waals surface area contributed by atoms with E-state index in [1.165, 1.54) is 6.92 Å². The second-order valence-electron chi connectivity index (χ2n) is 4.10. The summed E-state index contributed by atoms with van der Waals surface area (Å²) in [4.78, 5) is 11.3. The predicted molar refractivity (Wildman–Crippen MR) is 78.5 cm³/mol. The lowest BCUT2D eigenvalue weighted by molar-refractivity contribution is 0.101. The minimum atomic E-state index is 0.0302. The summed E-state index contributed by atoms with van der Waals surface area (Å²) in [6, 6.07) is 10.7. The summed E-state index contributed by atoms with van der Waals surface area (Å²) >= 11 is 12.1. The number of hydrogen-bond donors (Lipinski definition) is 0. The van der Waals surface area contributed by atoms with E-state index in [-0.39, 0.29) is 5.78 Å². The van der Waals surface area contributed by atoms with Gasteiger partial charge in [-0.2, -0.15) is 0 Å². The van der Waals surface area contributed by atoms with Crippen molar-refractivity contribution in [2.75, 3.05) is 7.11 Å². The molecule has 0 fully saturated rings. The largest absolute Gasteiger partial charge is 0.495 e. The lowest BCUT2D eigenvalue weighted by Crippen LogP contribution is -1.93. The molecule has 0 saturated heterocycles. The number of rotatable bonds is 3. The first-order chi connectivity index (χ1) is 9.02. The fourth-order valence-corrected chi connectivity index (χ4v) is 2.44. The summed E-state index contributed by atoms with van der Waals surface area (Å²) in [7, 11) is 1.56. The summed E-state index contributed by atoms with van der Waals surface area (Å²) in [5.41, 5.74) is 2.36. The molecule has 19 heavy (non-hydrogen) atoms. The Morgan fingerprint density at radius 2 is 1.74 bits per heavy atom. The monoisotopic (exact) mass is 294 g/mol. The quantitative estimate of drug-likeness (QED) is 0.755. The van der Waals surface area contributed by atoms with Crippen LogP contribution >= 0.6 is 23.2 Å². The van der Waals surface area contributed by atoms with Crippen molar-refractivity contribution in [3.8, 4) is 16.9 Å². The third kappa shape index (κ3) is 2.91. The lowest BCUT2D eigenvalue weighted by Gasteiger charge is -2.11. The van der Waals surface area contributed by atoms with Crippen LogP contribution in [0.4, 0.5) is 0 Å². The van der Waals surface area contributed by atoms with Gasteiger partial charge in [-0.05, 0) is 24.6 Å². The SMILES string of the molecule is COc1c(Cl)cc(Cl)cc1-c1ccc(C(C)=O)cc1. The number of ketones is 1. The summed E-state index contributed by atoms with van der Waals surface area (Å²) in [6.45, 7) is 1.53. The van der Waals surface area contributed by atoms with Gasteiger partial charge in [-0.3, -0.25) is 4.79 Å². The van der Waals surface area contributed by atoms with Crippen LogP contribution in [0.5, 0.6) is 5.75 Å². The molecule has 0 aliphatic heterocycles. The number of carbonyl (C=O) groups is 1. The summed E-state index contributed by atoms with van der Waals surface area (Å²) in [5.74, 6) is 0.601. The zero-order valence-corrected chi connectivity index (χ0v) is 12.0. The van der Waals surface area contributed by atoms with E-state index < -0.39 is 0 Å². The molecule has 0 amide bonds. The van der Waals surface area contributed by atoms with E-state index in [9.17, 15) is 4.79 Å². The van der Waals surface area contributed by atoms with Crippen LogP contribution in [0.2, 0.25) is 10.0 Å². The average Bonchev–Trinajstić information content (AvgIpc) is 2.38. The second kappa shape index (κ2) is 5.64. The summed E-state index contributed by atoms with van der Waals surface area (Å²) in [6.07, 6.45) is 0. The van der Waals surface area contributed by atoms with Crippen molar-refractivity contribution in [2.24, 2.45) is 0 Å². The molecule has 2 aromatic rings. The third-order valence-corrected chi connectivity index (χ3v) is 3.31. The Bertz CT molecular complexity index is 619. The van der Waals surface area contributed by atoms with E-state index in [0.29, 0.717) is 21.4 Å². The van der Waals surface area contributed by atoms with E-state index in [2.05, 4.69) is 0 Å². The zero-order valence-electron chi connectivity index (χ0n) is 10.5. The van der Waals surface area contributed by atoms with Crippen LogP contribution in [0.3, 0.4) is 0 Å². The van der Waals surface area contributed by atoms with E-state index >= 15 is 0 Å². The molecule has 2 aromatic carbocycles. The van der Waals surface area contributed by atoms with Crippen molar-refractivity contribution in [3.63, 3.8) is 0 Å². The summed E-state index contributed by atoms with van der Waals surface area (Å²) < 4.78 is 5.31. The van der Waals surface area contributed by atoms with E-state index in [1.54, 1.807) is 31.4 Å². The molecule has 0 aliphatic rings. The van der Waals surface area contributed by atoms with Crippen LogP contribution in [0.1, 0.15) is 17.3 Å². The Hall–Kier alpha value is -1.51. The highest BCUT2D eigenvalue weighted by atomic mass is 35.5. The van der Waals surface area contributed by atoms with Gasteiger partial charge in [0.1, 0.15) is 5.75 Å². The van der Waals surface area contributed by atoms with Crippen LogP contribution in [0.25, 0.3) is 11.1 Å². The average molecular weight is 295 g/mol. The Labute approximate surface area is 121 Å². The number of Topliss-reactive ketones (excluding diaryl/α,β-unsaturated/α-hetero) is 1. The van der Waals surface area contributed by atoms with Gasteiger partial charge in [-0.15, -0.1) is 0 Å². The van der Waals surface area contributed by atoms with Gasteiger partial charge in [0, 0.05) is 16.1 Å². The molecule has 0 aromatic heterocycles. The molecule has 2 rings (SSSR count). The van der Waals surface area contributed by atoms with Crippen LogP contribution in [-0.4, -0.2) is 12.9 Å². The minimum absolute atomic E-state index is 0.0302. The molecule has 2 nitrogen and oxygen atoms in total. The normalized spacial score (nSPS) is 10.3. The number of halogens is 2. The maximum atomic E-state index is 11.3. The molecule has 0 N–H and O–H groups in total. The molecule has 0 atom stereocenters. The van der Waals surface area contributed by atoms with Crippen LogP contribution < -0.4 is 4.74 Å². The first-order valence-corrected chi connectivity index (χ1v) is 6.43. The number of carbonyl (C=O) groups excluding carboxylic acids is 1. The highest BCUT2D eigenvalue weighted by Crippen LogP contribution is 2.38. The Kier molecular flexibility index (Phi) is 4.13. The summed E-state index contributed by atoms with van der Waals surface area (Å²) in [5, 5.41) is 0.997. The number of hydrogen-bond acceptors (Lipinski definition) is 2. The Morgan fingerprint density at radius 3 is 2.26 bits per heavy atom. The molecule has 98 valence electrons.